The Balaban J connectivity index is 2.10. The lowest BCUT2D eigenvalue weighted by atomic mass is 10.3. The van der Waals surface area contributed by atoms with E-state index in [4.69, 9.17) is 16.6 Å². The van der Waals surface area contributed by atoms with Crippen molar-refractivity contribution in [1.82, 2.24) is 19.3 Å². The molecule has 0 amide bonds. The molecule has 2 aromatic rings. The van der Waals surface area contributed by atoms with Gasteiger partial charge in [-0.25, -0.2) is 4.98 Å². The predicted molar refractivity (Wildman–Crippen MR) is 85.8 cm³/mol. The summed E-state index contributed by atoms with van der Waals surface area (Å²) in [7, 11) is 2.02. The summed E-state index contributed by atoms with van der Waals surface area (Å²) in [6, 6.07) is 0. The smallest absolute Gasteiger partial charge is 0.158 e. The molecule has 1 fully saturated rings. The van der Waals surface area contributed by atoms with Crippen molar-refractivity contribution in [2.75, 3.05) is 12.1 Å². The lowest BCUT2D eigenvalue weighted by Crippen LogP contribution is -2.17. The highest BCUT2D eigenvalue weighted by molar-refractivity contribution is 8.00. The SMILES string of the molecule is CCc1nn(C)c2c1nc(CCCl)n2CC1(SC)CC1. The molecule has 6 heteroatoms. The van der Waals surface area contributed by atoms with Crippen LogP contribution in [0.15, 0.2) is 0 Å². The first-order chi connectivity index (χ1) is 9.64. The second kappa shape index (κ2) is 5.26. The molecule has 1 aliphatic carbocycles. The second-order valence-corrected chi connectivity index (χ2v) is 7.19. The Morgan fingerprint density at radius 1 is 1.40 bits per heavy atom. The number of aryl methyl sites for hydroxylation is 3. The number of alkyl halides is 1. The van der Waals surface area contributed by atoms with Crippen LogP contribution in [0.3, 0.4) is 0 Å². The van der Waals surface area contributed by atoms with E-state index >= 15 is 0 Å². The highest BCUT2D eigenvalue weighted by atomic mass is 35.5. The average molecular weight is 313 g/mol. The Morgan fingerprint density at radius 2 is 2.15 bits per heavy atom. The first-order valence-corrected chi connectivity index (χ1v) is 8.92. The van der Waals surface area contributed by atoms with E-state index in [0.717, 1.165) is 42.1 Å². The first kappa shape index (κ1) is 14.3. The first-order valence-electron chi connectivity index (χ1n) is 7.16. The molecule has 1 saturated carbocycles. The fraction of sp³-hybridized carbons (Fsp3) is 0.714. The Hall–Kier alpha value is -0.680. The topological polar surface area (TPSA) is 35.6 Å². The minimum Gasteiger partial charge on any atom is -0.311 e. The molecule has 1 aliphatic rings. The number of aromatic nitrogens is 4. The van der Waals surface area contributed by atoms with E-state index in [9.17, 15) is 0 Å². The Morgan fingerprint density at radius 3 is 2.70 bits per heavy atom. The van der Waals surface area contributed by atoms with Gasteiger partial charge in [-0.1, -0.05) is 6.92 Å². The highest BCUT2D eigenvalue weighted by Crippen LogP contribution is 2.49. The zero-order valence-electron chi connectivity index (χ0n) is 12.3. The van der Waals surface area contributed by atoms with E-state index in [1.165, 1.54) is 12.8 Å². The summed E-state index contributed by atoms with van der Waals surface area (Å²) in [6.45, 7) is 3.16. The van der Waals surface area contributed by atoms with Crippen LogP contribution in [-0.4, -0.2) is 36.2 Å². The van der Waals surface area contributed by atoms with Gasteiger partial charge in [0.05, 0.1) is 5.69 Å². The molecule has 0 N–H and O–H groups in total. The summed E-state index contributed by atoms with van der Waals surface area (Å²) in [5.41, 5.74) is 3.31. The summed E-state index contributed by atoms with van der Waals surface area (Å²) >= 11 is 7.93. The van der Waals surface area contributed by atoms with Crippen LogP contribution in [0, 0.1) is 0 Å². The summed E-state index contributed by atoms with van der Waals surface area (Å²) in [5.74, 6) is 1.72. The van der Waals surface area contributed by atoms with E-state index in [1.54, 1.807) is 0 Å². The summed E-state index contributed by atoms with van der Waals surface area (Å²) < 4.78 is 4.74. The van der Waals surface area contributed by atoms with Crippen LogP contribution in [0.4, 0.5) is 0 Å². The highest BCUT2D eigenvalue weighted by Gasteiger charge is 2.43. The van der Waals surface area contributed by atoms with Crippen LogP contribution >= 0.6 is 23.4 Å². The lowest BCUT2D eigenvalue weighted by molar-refractivity contribution is 0.618. The van der Waals surface area contributed by atoms with Crippen molar-refractivity contribution in [3.63, 3.8) is 0 Å². The molecular weight excluding hydrogens is 292 g/mol. The van der Waals surface area contributed by atoms with Gasteiger partial charge in [-0.15, -0.1) is 11.6 Å². The molecular formula is C14H21ClN4S. The molecule has 0 radical (unpaired) electrons. The number of fused-ring (bicyclic) bond motifs is 1. The molecule has 0 spiro atoms. The number of hydrogen-bond donors (Lipinski definition) is 0. The molecule has 2 aromatic heterocycles. The van der Waals surface area contributed by atoms with Gasteiger partial charge in [0.1, 0.15) is 11.3 Å². The standard InChI is InChI=1S/C14H21ClN4S/c1-4-10-12-13(18(2)17-10)19(11(16-12)5-8-15)9-14(20-3)6-7-14/h4-9H2,1-3H3. The van der Waals surface area contributed by atoms with Gasteiger partial charge < -0.3 is 4.57 Å². The van der Waals surface area contributed by atoms with Crippen LogP contribution in [0.5, 0.6) is 0 Å². The van der Waals surface area contributed by atoms with Crippen molar-refractivity contribution in [2.45, 2.75) is 43.9 Å². The van der Waals surface area contributed by atoms with E-state index in [1.807, 2.05) is 23.5 Å². The van der Waals surface area contributed by atoms with E-state index in [-0.39, 0.29) is 0 Å². The Bertz CT molecular complexity index is 627. The van der Waals surface area contributed by atoms with Gasteiger partial charge in [-0.05, 0) is 25.5 Å². The molecule has 4 nitrogen and oxygen atoms in total. The van der Waals surface area contributed by atoms with E-state index < -0.39 is 0 Å². The van der Waals surface area contributed by atoms with Gasteiger partial charge in [-0.2, -0.15) is 16.9 Å². The number of imidazole rings is 1. The maximum atomic E-state index is 5.96. The normalized spacial score (nSPS) is 17.0. The van der Waals surface area contributed by atoms with Crippen molar-refractivity contribution < 1.29 is 0 Å². The molecule has 0 aliphatic heterocycles. The fourth-order valence-corrected chi connectivity index (χ4v) is 3.76. The van der Waals surface area contributed by atoms with Crippen LogP contribution in [0.25, 0.3) is 11.2 Å². The molecule has 0 unspecified atom stereocenters. The average Bonchev–Trinajstić information content (AvgIpc) is 3.04. The largest absolute Gasteiger partial charge is 0.311 e. The van der Waals surface area contributed by atoms with Gasteiger partial charge in [0.25, 0.3) is 0 Å². The van der Waals surface area contributed by atoms with Crippen molar-refractivity contribution in [1.29, 1.82) is 0 Å². The van der Waals surface area contributed by atoms with Crippen LogP contribution in [0.1, 0.15) is 31.3 Å². The second-order valence-electron chi connectivity index (χ2n) is 5.54. The lowest BCUT2D eigenvalue weighted by Gasteiger charge is -2.16. The van der Waals surface area contributed by atoms with Crippen LogP contribution < -0.4 is 0 Å². The number of thioether (sulfide) groups is 1. The molecule has 110 valence electrons. The molecule has 0 bridgehead atoms. The minimum absolute atomic E-state index is 0.408. The third-order valence-corrected chi connectivity index (χ3v) is 5.80. The minimum atomic E-state index is 0.408. The third kappa shape index (κ3) is 2.25. The fourth-order valence-electron chi connectivity index (χ4n) is 2.82. The van der Waals surface area contributed by atoms with E-state index in [0.29, 0.717) is 10.6 Å². The van der Waals surface area contributed by atoms with Crippen LogP contribution in [0.2, 0.25) is 0 Å². The van der Waals surface area contributed by atoms with Crippen molar-refractivity contribution >= 4 is 34.5 Å². The van der Waals surface area contributed by atoms with Gasteiger partial charge in [-0.3, -0.25) is 4.68 Å². The molecule has 20 heavy (non-hydrogen) atoms. The maximum Gasteiger partial charge on any atom is 0.158 e. The van der Waals surface area contributed by atoms with Crippen molar-refractivity contribution in [3.8, 4) is 0 Å². The molecule has 3 rings (SSSR count). The maximum absolute atomic E-state index is 5.96. The van der Waals surface area contributed by atoms with Crippen LogP contribution in [-0.2, 0) is 26.4 Å². The molecule has 0 saturated heterocycles. The van der Waals surface area contributed by atoms with Crippen molar-refractivity contribution in [2.24, 2.45) is 7.05 Å². The zero-order chi connectivity index (χ0) is 14.3. The molecule has 0 aromatic carbocycles. The third-order valence-electron chi connectivity index (χ3n) is 4.21. The Kier molecular flexibility index (Phi) is 3.75. The quantitative estimate of drug-likeness (QED) is 0.769. The summed E-state index contributed by atoms with van der Waals surface area (Å²) in [5, 5.41) is 4.60. The van der Waals surface area contributed by atoms with Gasteiger partial charge in [0.2, 0.25) is 0 Å². The number of halogens is 1. The Labute approximate surface area is 128 Å². The summed E-state index contributed by atoms with van der Waals surface area (Å²) in [6.07, 6.45) is 6.55. The molecule has 2 heterocycles. The van der Waals surface area contributed by atoms with Gasteiger partial charge in [0, 0.05) is 30.6 Å². The van der Waals surface area contributed by atoms with Gasteiger partial charge in [0.15, 0.2) is 5.65 Å². The number of hydrogen-bond acceptors (Lipinski definition) is 3. The summed E-state index contributed by atoms with van der Waals surface area (Å²) in [4.78, 5) is 4.83. The molecule has 0 atom stereocenters. The van der Waals surface area contributed by atoms with E-state index in [2.05, 4.69) is 22.8 Å². The van der Waals surface area contributed by atoms with Gasteiger partial charge >= 0.3 is 0 Å². The monoisotopic (exact) mass is 312 g/mol. The zero-order valence-corrected chi connectivity index (χ0v) is 13.9. The number of nitrogens with zero attached hydrogens (tertiary/aromatic N) is 4. The number of rotatable bonds is 6. The van der Waals surface area contributed by atoms with Crippen molar-refractivity contribution in [3.05, 3.63) is 11.5 Å². The predicted octanol–water partition coefficient (Wildman–Crippen LogP) is 3.01.